The van der Waals surface area contributed by atoms with E-state index in [-0.39, 0.29) is 6.54 Å². The lowest BCUT2D eigenvalue weighted by atomic mass is 10.6. The van der Waals surface area contributed by atoms with Crippen molar-refractivity contribution in [2.75, 3.05) is 13.1 Å². The second kappa shape index (κ2) is 3.49. The van der Waals surface area contributed by atoms with E-state index >= 15 is 0 Å². The summed E-state index contributed by atoms with van der Waals surface area (Å²) in [4.78, 5) is 0. The van der Waals surface area contributed by atoms with Gasteiger partial charge in [0.25, 0.3) is 0 Å². The van der Waals surface area contributed by atoms with Gasteiger partial charge < -0.3 is 0 Å². The van der Waals surface area contributed by atoms with E-state index in [1.165, 1.54) is 13.0 Å². The van der Waals surface area contributed by atoms with Crippen LogP contribution in [0.25, 0.3) is 0 Å². The maximum atomic E-state index is 12.0. The van der Waals surface area contributed by atoms with Crippen molar-refractivity contribution in [3.05, 3.63) is 0 Å². The first-order valence-corrected chi connectivity index (χ1v) is 3.93. The lowest BCUT2D eigenvalue weighted by molar-refractivity contribution is 0.426. The Hall–Kier alpha value is -0.670. The number of halogens is 1. The summed E-state index contributed by atoms with van der Waals surface area (Å²) in [5, 5.41) is 8.01. The van der Waals surface area contributed by atoms with E-state index in [4.69, 9.17) is 5.26 Å². The van der Waals surface area contributed by atoms with Gasteiger partial charge in [-0.05, 0) is 0 Å². The van der Waals surface area contributed by atoms with Crippen LogP contribution in [0.3, 0.4) is 0 Å². The van der Waals surface area contributed by atoms with Crippen LogP contribution in [0.5, 0.6) is 0 Å². The summed E-state index contributed by atoms with van der Waals surface area (Å²) in [6, 6.07) is 1.53. The Balaban J connectivity index is 4.26. The molecule has 10 heavy (non-hydrogen) atoms. The van der Waals surface area contributed by atoms with Crippen molar-refractivity contribution in [1.29, 1.82) is 5.26 Å². The van der Waals surface area contributed by atoms with Crippen molar-refractivity contribution in [1.82, 2.24) is 4.31 Å². The molecule has 0 unspecified atom stereocenters. The summed E-state index contributed by atoms with van der Waals surface area (Å²) in [6.45, 7) is 0.996. The Bertz CT molecular complexity index is 230. The number of hydrogen-bond donors (Lipinski definition) is 0. The van der Waals surface area contributed by atoms with Gasteiger partial charge in [0.1, 0.15) is 6.54 Å². The quantitative estimate of drug-likeness (QED) is 0.439. The summed E-state index contributed by atoms with van der Waals surface area (Å²) in [5.41, 5.74) is 0. The second-order valence-corrected chi connectivity index (χ2v) is 2.87. The van der Waals surface area contributed by atoms with Crippen molar-refractivity contribution in [3.8, 4) is 6.07 Å². The molecule has 0 saturated heterocycles. The Morgan fingerprint density at radius 2 is 2.20 bits per heavy atom. The Labute approximate surface area is 59.2 Å². The zero-order valence-corrected chi connectivity index (χ0v) is 6.23. The highest BCUT2D eigenvalue weighted by atomic mass is 32.3. The van der Waals surface area contributed by atoms with Gasteiger partial charge in [0, 0.05) is 6.54 Å². The van der Waals surface area contributed by atoms with Crippen LogP contribution in [-0.2, 0) is 10.4 Å². The number of nitriles is 1. The van der Waals surface area contributed by atoms with Crippen molar-refractivity contribution in [3.63, 3.8) is 0 Å². The predicted molar refractivity (Wildman–Crippen MR) is 32.9 cm³/mol. The van der Waals surface area contributed by atoms with Crippen LogP contribution < -0.4 is 0 Å². The van der Waals surface area contributed by atoms with E-state index in [1.807, 2.05) is 0 Å². The number of nitrogens with zero attached hydrogens (tertiary/aromatic N) is 2. The van der Waals surface area contributed by atoms with Gasteiger partial charge in [-0.25, -0.2) is 0 Å². The van der Waals surface area contributed by atoms with Gasteiger partial charge >= 0.3 is 10.4 Å². The average Bonchev–Trinajstić information content (AvgIpc) is 1.80. The number of rotatable bonds is 3. The molecule has 0 aliphatic rings. The lowest BCUT2D eigenvalue weighted by Gasteiger charge is -2.08. The van der Waals surface area contributed by atoms with E-state index in [9.17, 15) is 12.3 Å². The minimum atomic E-state index is -4.67. The third-order valence-corrected chi connectivity index (χ3v) is 1.91. The monoisotopic (exact) mass is 166 g/mol. The second-order valence-electron chi connectivity index (χ2n) is 1.53. The molecule has 58 valence electrons. The van der Waals surface area contributed by atoms with E-state index in [2.05, 4.69) is 0 Å². The molecule has 0 bridgehead atoms. The van der Waals surface area contributed by atoms with Crippen molar-refractivity contribution >= 4 is 10.4 Å². The summed E-state index contributed by atoms with van der Waals surface area (Å²) in [5.74, 6) is 0. The fraction of sp³-hybridized carbons (Fsp3) is 0.750. The normalized spacial score (nSPS) is 11.4. The Morgan fingerprint density at radius 1 is 1.70 bits per heavy atom. The van der Waals surface area contributed by atoms with Crippen LogP contribution in [-0.4, -0.2) is 25.8 Å². The topological polar surface area (TPSA) is 61.2 Å². The highest BCUT2D eigenvalue weighted by Crippen LogP contribution is 1.99. The van der Waals surface area contributed by atoms with Crippen LogP contribution in [0.1, 0.15) is 6.92 Å². The first-order chi connectivity index (χ1) is 4.52. The van der Waals surface area contributed by atoms with E-state index in [1.54, 1.807) is 0 Å². The minimum Gasteiger partial charge on any atom is -0.197 e. The maximum absolute atomic E-state index is 12.0. The third-order valence-electron chi connectivity index (χ3n) is 0.908. The third kappa shape index (κ3) is 2.75. The van der Waals surface area contributed by atoms with Crippen LogP contribution in [0.4, 0.5) is 3.89 Å². The largest absolute Gasteiger partial charge is 0.375 e. The zero-order valence-electron chi connectivity index (χ0n) is 5.41. The molecule has 0 fully saturated rings. The molecule has 6 heteroatoms. The van der Waals surface area contributed by atoms with Crippen LogP contribution >= 0.6 is 0 Å². The molecule has 0 saturated carbocycles. The molecular weight excluding hydrogens is 159 g/mol. The minimum absolute atomic E-state index is 0.0214. The van der Waals surface area contributed by atoms with Crippen LogP contribution in [0.15, 0.2) is 0 Å². The first-order valence-electron chi connectivity index (χ1n) is 2.59. The van der Waals surface area contributed by atoms with Gasteiger partial charge in [-0.1, -0.05) is 10.8 Å². The van der Waals surface area contributed by atoms with E-state index in [0.717, 1.165) is 0 Å². The fourth-order valence-corrected chi connectivity index (χ4v) is 0.942. The van der Waals surface area contributed by atoms with Crippen LogP contribution in [0.2, 0.25) is 0 Å². The standard InChI is InChI=1S/C4H7FN2O2S/c1-2-7(4-3-6)10(5,8)9/h2,4H2,1H3. The summed E-state index contributed by atoms with van der Waals surface area (Å²) >= 11 is 0. The highest BCUT2D eigenvalue weighted by Gasteiger charge is 2.17. The molecule has 0 radical (unpaired) electrons. The Kier molecular flexibility index (Phi) is 3.25. The molecule has 0 atom stereocenters. The van der Waals surface area contributed by atoms with Gasteiger partial charge in [0.2, 0.25) is 0 Å². The molecule has 0 aromatic rings. The fourth-order valence-electron chi connectivity index (χ4n) is 0.422. The molecule has 0 aliphatic heterocycles. The molecule has 0 heterocycles. The van der Waals surface area contributed by atoms with Crippen molar-refractivity contribution in [2.24, 2.45) is 0 Å². The van der Waals surface area contributed by atoms with Crippen LogP contribution in [0, 0.1) is 11.3 Å². The molecule has 0 aromatic carbocycles. The van der Waals surface area contributed by atoms with Crippen molar-refractivity contribution in [2.45, 2.75) is 6.92 Å². The SMILES string of the molecule is CCN(CC#N)S(=O)(=O)F. The molecule has 0 N–H and O–H groups in total. The molecule has 0 spiro atoms. The molecule has 0 aromatic heterocycles. The molecule has 0 aliphatic carbocycles. The predicted octanol–water partition coefficient (Wildman–Crippen LogP) is 0.0462. The van der Waals surface area contributed by atoms with Gasteiger partial charge in [-0.2, -0.15) is 18.0 Å². The van der Waals surface area contributed by atoms with Gasteiger partial charge in [-0.3, -0.25) is 0 Å². The highest BCUT2D eigenvalue weighted by molar-refractivity contribution is 7.83. The molecule has 0 rings (SSSR count). The van der Waals surface area contributed by atoms with E-state index < -0.39 is 17.0 Å². The zero-order chi connectivity index (χ0) is 8.20. The summed E-state index contributed by atoms with van der Waals surface area (Å²) < 4.78 is 32.5. The van der Waals surface area contributed by atoms with E-state index in [0.29, 0.717) is 4.31 Å². The number of hydrogen-bond acceptors (Lipinski definition) is 3. The van der Waals surface area contributed by atoms with Gasteiger partial charge in [0.15, 0.2) is 0 Å². The lowest BCUT2D eigenvalue weighted by Crippen LogP contribution is -2.27. The summed E-state index contributed by atoms with van der Waals surface area (Å²) in [6.07, 6.45) is 0. The molecule has 0 amide bonds. The molecule has 4 nitrogen and oxygen atoms in total. The van der Waals surface area contributed by atoms with Gasteiger partial charge in [-0.15, -0.1) is 0 Å². The first kappa shape index (κ1) is 9.33. The average molecular weight is 166 g/mol. The Morgan fingerprint density at radius 3 is 2.30 bits per heavy atom. The smallest absolute Gasteiger partial charge is 0.197 e. The maximum Gasteiger partial charge on any atom is 0.375 e. The molecular formula is C4H7FN2O2S. The van der Waals surface area contributed by atoms with Crippen molar-refractivity contribution < 1.29 is 12.3 Å². The van der Waals surface area contributed by atoms with Gasteiger partial charge in [0.05, 0.1) is 6.07 Å². The summed E-state index contributed by atoms with van der Waals surface area (Å²) in [7, 11) is -4.67.